The molecule has 0 aliphatic rings. The standard InChI is InChI=1S/C18H23ClN4O/c1-11(2)7-8-20-17(24)16-9-13(4)21-18(23-16)22-15-10-14(19)6-5-12(15)3/h5-6,9-11H,7-8H2,1-4H3,(H,20,24)(H,21,22,23). The van der Waals surface area contributed by atoms with Crippen LogP contribution in [0.5, 0.6) is 0 Å². The fourth-order valence-electron chi connectivity index (χ4n) is 2.16. The van der Waals surface area contributed by atoms with Gasteiger partial charge in [-0.1, -0.05) is 31.5 Å². The summed E-state index contributed by atoms with van der Waals surface area (Å²) >= 11 is 6.03. The van der Waals surface area contributed by atoms with Crippen LogP contribution in [0.3, 0.4) is 0 Å². The zero-order valence-corrected chi connectivity index (χ0v) is 15.2. The van der Waals surface area contributed by atoms with E-state index in [0.717, 1.165) is 23.4 Å². The van der Waals surface area contributed by atoms with E-state index in [4.69, 9.17) is 11.6 Å². The summed E-state index contributed by atoms with van der Waals surface area (Å²) in [4.78, 5) is 20.9. The number of aryl methyl sites for hydroxylation is 2. The van der Waals surface area contributed by atoms with Crippen molar-refractivity contribution < 1.29 is 4.79 Å². The molecule has 0 radical (unpaired) electrons. The molecule has 128 valence electrons. The largest absolute Gasteiger partial charge is 0.351 e. The highest BCUT2D eigenvalue weighted by Gasteiger charge is 2.11. The Morgan fingerprint density at radius 2 is 1.96 bits per heavy atom. The Balaban J connectivity index is 2.16. The molecule has 0 aliphatic heterocycles. The first-order valence-corrected chi connectivity index (χ1v) is 8.40. The van der Waals surface area contributed by atoms with E-state index in [9.17, 15) is 4.79 Å². The minimum absolute atomic E-state index is 0.188. The molecule has 0 saturated carbocycles. The molecular formula is C18H23ClN4O. The third-order valence-electron chi connectivity index (χ3n) is 3.54. The van der Waals surface area contributed by atoms with Crippen molar-refractivity contribution in [2.24, 2.45) is 5.92 Å². The molecule has 6 heteroatoms. The average Bonchev–Trinajstić information content (AvgIpc) is 2.50. The Bertz CT molecular complexity index is 731. The summed E-state index contributed by atoms with van der Waals surface area (Å²) in [5.41, 5.74) is 2.92. The molecule has 1 aromatic heterocycles. The van der Waals surface area contributed by atoms with E-state index in [1.165, 1.54) is 0 Å². The van der Waals surface area contributed by atoms with Gasteiger partial charge in [-0.2, -0.15) is 0 Å². The van der Waals surface area contributed by atoms with Crippen molar-refractivity contribution in [2.45, 2.75) is 34.1 Å². The third-order valence-corrected chi connectivity index (χ3v) is 3.78. The van der Waals surface area contributed by atoms with Gasteiger partial charge in [0, 0.05) is 22.9 Å². The Morgan fingerprint density at radius 1 is 1.21 bits per heavy atom. The third kappa shape index (κ3) is 5.20. The topological polar surface area (TPSA) is 66.9 Å². The second-order valence-corrected chi connectivity index (χ2v) is 6.68. The van der Waals surface area contributed by atoms with Gasteiger partial charge in [0.15, 0.2) is 0 Å². The van der Waals surface area contributed by atoms with Crippen molar-refractivity contribution >= 4 is 29.1 Å². The summed E-state index contributed by atoms with van der Waals surface area (Å²) in [6, 6.07) is 7.23. The number of benzene rings is 1. The second-order valence-electron chi connectivity index (χ2n) is 6.24. The lowest BCUT2D eigenvalue weighted by Gasteiger charge is -2.11. The molecule has 1 aromatic carbocycles. The molecule has 1 amide bonds. The SMILES string of the molecule is Cc1cc(C(=O)NCCC(C)C)nc(Nc2cc(Cl)ccc2C)n1. The van der Waals surface area contributed by atoms with Gasteiger partial charge in [0.05, 0.1) is 0 Å². The lowest BCUT2D eigenvalue weighted by atomic mass is 10.1. The van der Waals surface area contributed by atoms with Gasteiger partial charge >= 0.3 is 0 Å². The molecule has 0 bridgehead atoms. The lowest BCUT2D eigenvalue weighted by molar-refractivity contribution is 0.0947. The second kappa shape index (κ2) is 8.11. The number of carbonyl (C=O) groups excluding carboxylic acids is 1. The maximum atomic E-state index is 12.3. The van der Waals surface area contributed by atoms with Crippen molar-refractivity contribution in [3.8, 4) is 0 Å². The molecule has 2 rings (SSSR count). The van der Waals surface area contributed by atoms with Gasteiger partial charge in [0.1, 0.15) is 5.69 Å². The molecule has 2 N–H and O–H groups in total. The Hall–Kier alpha value is -2.14. The van der Waals surface area contributed by atoms with Crippen molar-refractivity contribution in [3.63, 3.8) is 0 Å². The number of carbonyl (C=O) groups is 1. The molecule has 0 spiro atoms. The van der Waals surface area contributed by atoms with E-state index >= 15 is 0 Å². The molecule has 0 atom stereocenters. The average molecular weight is 347 g/mol. The molecule has 1 heterocycles. The number of aromatic nitrogens is 2. The minimum atomic E-state index is -0.188. The van der Waals surface area contributed by atoms with Crippen LogP contribution in [0.1, 0.15) is 42.0 Å². The number of hydrogen-bond donors (Lipinski definition) is 2. The van der Waals surface area contributed by atoms with E-state index in [1.807, 2.05) is 32.0 Å². The number of anilines is 2. The molecule has 24 heavy (non-hydrogen) atoms. The van der Waals surface area contributed by atoms with Gasteiger partial charge in [0.2, 0.25) is 5.95 Å². The van der Waals surface area contributed by atoms with Crippen LogP contribution in [0, 0.1) is 19.8 Å². The fourth-order valence-corrected chi connectivity index (χ4v) is 2.33. The van der Waals surface area contributed by atoms with E-state index < -0.39 is 0 Å². The van der Waals surface area contributed by atoms with Crippen LogP contribution < -0.4 is 10.6 Å². The number of nitrogens with one attached hydrogen (secondary N) is 2. The first-order chi connectivity index (χ1) is 11.3. The molecule has 0 fully saturated rings. The van der Waals surface area contributed by atoms with E-state index in [1.54, 1.807) is 6.07 Å². The zero-order chi connectivity index (χ0) is 17.7. The minimum Gasteiger partial charge on any atom is -0.351 e. The quantitative estimate of drug-likeness (QED) is 0.819. The molecular weight excluding hydrogens is 324 g/mol. The van der Waals surface area contributed by atoms with E-state index in [2.05, 4.69) is 34.4 Å². The van der Waals surface area contributed by atoms with Gasteiger partial charge in [-0.25, -0.2) is 9.97 Å². The lowest BCUT2D eigenvalue weighted by Crippen LogP contribution is -2.26. The van der Waals surface area contributed by atoms with Crippen molar-refractivity contribution in [3.05, 3.63) is 46.2 Å². The number of amides is 1. The maximum Gasteiger partial charge on any atom is 0.270 e. The highest BCUT2D eigenvalue weighted by Crippen LogP contribution is 2.22. The van der Waals surface area contributed by atoms with Gasteiger partial charge in [-0.05, 0) is 49.9 Å². The van der Waals surface area contributed by atoms with Gasteiger partial charge in [-0.3, -0.25) is 4.79 Å². The summed E-state index contributed by atoms with van der Waals surface area (Å²) in [5.74, 6) is 0.738. The van der Waals surface area contributed by atoms with Crippen LogP contribution in [0.4, 0.5) is 11.6 Å². The fraction of sp³-hybridized carbons (Fsp3) is 0.389. The molecule has 5 nitrogen and oxygen atoms in total. The predicted octanol–water partition coefficient (Wildman–Crippen LogP) is 4.27. The Morgan fingerprint density at radius 3 is 2.67 bits per heavy atom. The van der Waals surface area contributed by atoms with Crippen molar-refractivity contribution in [1.82, 2.24) is 15.3 Å². The van der Waals surface area contributed by atoms with Crippen LogP contribution in [-0.2, 0) is 0 Å². The first kappa shape index (κ1) is 18.2. The van der Waals surface area contributed by atoms with Crippen molar-refractivity contribution in [1.29, 1.82) is 0 Å². The Kier molecular flexibility index (Phi) is 6.15. The van der Waals surface area contributed by atoms with E-state index in [0.29, 0.717) is 29.1 Å². The van der Waals surface area contributed by atoms with Crippen LogP contribution in [0.15, 0.2) is 24.3 Å². The van der Waals surface area contributed by atoms with Crippen LogP contribution >= 0.6 is 11.6 Å². The first-order valence-electron chi connectivity index (χ1n) is 8.02. The summed E-state index contributed by atoms with van der Waals surface area (Å²) in [7, 11) is 0. The molecule has 0 unspecified atom stereocenters. The number of rotatable bonds is 6. The smallest absolute Gasteiger partial charge is 0.270 e. The normalized spacial score (nSPS) is 10.8. The molecule has 2 aromatic rings. The number of halogens is 1. The zero-order valence-electron chi connectivity index (χ0n) is 14.5. The number of nitrogens with zero attached hydrogens (tertiary/aromatic N) is 2. The Labute approximate surface area is 147 Å². The summed E-state index contributed by atoms with van der Waals surface area (Å²) in [6.07, 6.45) is 0.933. The number of hydrogen-bond acceptors (Lipinski definition) is 4. The maximum absolute atomic E-state index is 12.3. The van der Waals surface area contributed by atoms with E-state index in [-0.39, 0.29) is 5.91 Å². The van der Waals surface area contributed by atoms with Gasteiger partial charge in [0.25, 0.3) is 5.91 Å². The van der Waals surface area contributed by atoms with Crippen LogP contribution in [0.25, 0.3) is 0 Å². The molecule has 0 aliphatic carbocycles. The van der Waals surface area contributed by atoms with Crippen molar-refractivity contribution in [2.75, 3.05) is 11.9 Å². The van der Waals surface area contributed by atoms with Crippen LogP contribution in [0.2, 0.25) is 5.02 Å². The van der Waals surface area contributed by atoms with Gasteiger partial charge < -0.3 is 10.6 Å². The summed E-state index contributed by atoms with van der Waals surface area (Å²) < 4.78 is 0. The highest BCUT2D eigenvalue weighted by molar-refractivity contribution is 6.30. The molecule has 0 saturated heterocycles. The van der Waals surface area contributed by atoms with Gasteiger partial charge in [-0.15, -0.1) is 0 Å². The predicted molar refractivity (Wildman–Crippen MR) is 98.0 cm³/mol. The summed E-state index contributed by atoms with van der Waals surface area (Å²) in [5, 5.41) is 6.65. The van der Waals surface area contributed by atoms with Crippen LogP contribution in [-0.4, -0.2) is 22.4 Å². The summed E-state index contributed by atoms with van der Waals surface area (Å²) in [6.45, 7) is 8.68. The highest BCUT2D eigenvalue weighted by atomic mass is 35.5. The monoisotopic (exact) mass is 346 g/mol.